The summed E-state index contributed by atoms with van der Waals surface area (Å²) in [6.07, 6.45) is 21.4. The van der Waals surface area contributed by atoms with Gasteiger partial charge in [-0.25, -0.2) is 0 Å². The van der Waals surface area contributed by atoms with Crippen LogP contribution in [0.1, 0.15) is 102 Å². The maximum atomic E-state index is 12.4. The number of amides is 1. The molecule has 0 fully saturated rings. The first kappa shape index (κ1) is 30.7. The second-order valence-corrected chi connectivity index (χ2v) is 10.6. The number of hydrogen-bond acceptors (Lipinski definition) is 5. The zero-order valence-corrected chi connectivity index (χ0v) is 22.1. The van der Waals surface area contributed by atoms with Crippen LogP contribution >= 0.6 is 8.17 Å². The maximum absolute atomic E-state index is 12.4. The number of allylic oxidation sites excluding steroid dienone is 2. The fourth-order valence-corrected chi connectivity index (χ4v) is 4.34. The van der Waals surface area contributed by atoms with Gasteiger partial charge in [0.05, 0.1) is 0 Å². The van der Waals surface area contributed by atoms with Crippen LogP contribution in [0, 0.1) is 0 Å². The molecule has 6 nitrogen and oxygen atoms in total. The van der Waals surface area contributed by atoms with E-state index in [-0.39, 0.29) is 12.5 Å². The Labute approximate surface area is 207 Å². The zero-order chi connectivity index (χ0) is 24.9. The van der Waals surface area contributed by atoms with Crippen LogP contribution in [0.15, 0.2) is 42.5 Å². The average Bonchev–Trinajstić information content (AvgIpc) is 2.80. The van der Waals surface area contributed by atoms with Gasteiger partial charge in [-0.05, 0) is 12.8 Å². The van der Waals surface area contributed by atoms with Crippen LogP contribution < -0.4 is 5.32 Å². The molecule has 0 bridgehead atoms. The Morgan fingerprint density at radius 3 is 2.03 bits per heavy atom. The quantitative estimate of drug-likeness (QED) is 0.0927. The standard InChI is InChI=1S/C27H48NO5P/c1-2-3-4-5-6-7-8-9-10-11-12-13-14-15-19-22-27(29)28-26(24-33-34(30,31)32)23-25-20-17-16-18-21-25/h9-10,16-18,20-21,26,30-32,34H,2-8,11-15,19,22-24H2,1H3,(H,28,29)/b10-9-/t26-/m0/s1. The third kappa shape index (κ3) is 19.1. The van der Waals surface area contributed by atoms with E-state index in [2.05, 4.69) is 24.4 Å². The Hall–Kier alpha value is -1.30. The fraction of sp³-hybridized carbons (Fsp3) is 0.667. The summed E-state index contributed by atoms with van der Waals surface area (Å²) in [7, 11) is -4.61. The molecule has 0 saturated carbocycles. The van der Waals surface area contributed by atoms with E-state index in [1.165, 1.54) is 57.8 Å². The third-order valence-electron chi connectivity index (χ3n) is 5.83. The molecule has 1 aromatic rings. The van der Waals surface area contributed by atoms with Gasteiger partial charge in [0.15, 0.2) is 0 Å². The van der Waals surface area contributed by atoms with E-state index >= 15 is 0 Å². The number of benzene rings is 1. The van der Waals surface area contributed by atoms with Crippen molar-refractivity contribution in [3.05, 3.63) is 48.0 Å². The molecule has 196 valence electrons. The van der Waals surface area contributed by atoms with Crippen molar-refractivity contribution >= 4 is 14.1 Å². The molecule has 0 aliphatic carbocycles. The van der Waals surface area contributed by atoms with Crippen LogP contribution in [-0.2, 0) is 15.7 Å². The second-order valence-electron chi connectivity index (χ2n) is 9.17. The Morgan fingerprint density at radius 2 is 1.44 bits per heavy atom. The fourth-order valence-electron chi connectivity index (χ4n) is 3.92. The minimum absolute atomic E-state index is 0.0803. The van der Waals surface area contributed by atoms with Gasteiger partial charge >= 0.3 is 143 Å². The molecule has 1 atom stereocenters. The molecule has 0 aromatic heterocycles. The summed E-state index contributed by atoms with van der Waals surface area (Å²) < 4.78 is 4.78. The number of rotatable bonds is 21. The monoisotopic (exact) mass is 497 g/mol. The van der Waals surface area contributed by atoms with Crippen LogP contribution in [-0.4, -0.2) is 33.2 Å². The third-order valence-corrected chi connectivity index (χ3v) is 6.39. The van der Waals surface area contributed by atoms with Crippen molar-refractivity contribution in [1.82, 2.24) is 5.32 Å². The summed E-state index contributed by atoms with van der Waals surface area (Å²) in [5.74, 6) is -0.0803. The SMILES string of the molecule is CCCCCCCC/C=C\CCCCCCCC(=O)N[C@H](CO[PH](O)(O)O)Cc1ccccc1. The van der Waals surface area contributed by atoms with Gasteiger partial charge in [0.2, 0.25) is 0 Å². The molecule has 0 spiro atoms. The first-order chi connectivity index (χ1) is 16.4. The summed E-state index contributed by atoms with van der Waals surface area (Å²) in [5.41, 5.74) is 0.999. The molecule has 1 rings (SSSR count). The van der Waals surface area contributed by atoms with Gasteiger partial charge in [-0.1, -0.05) is 51.2 Å². The molecule has 4 N–H and O–H groups in total. The van der Waals surface area contributed by atoms with Gasteiger partial charge in [-0.3, -0.25) is 0 Å². The molecule has 0 radical (unpaired) electrons. The molecule has 1 aromatic carbocycles. The Balaban J connectivity index is 2.11. The number of hydrogen-bond donors (Lipinski definition) is 4. The van der Waals surface area contributed by atoms with E-state index in [1.54, 1.807) is 0 Å². The van der Waals surface area contributed by atoms with E-state index in [4.69, 9.17) is 19.2 Å². The molecule has 1 amide bonds. The predicted octanol–water partition coefficient (Wildman–Crippen LogP) is 6.15. The van der Waals surface area contributed by atoms with Crippen LogP contribution in [0.5, 0.6) is 0 Å². The summed E-state index contributed by atoms with van der Waals surface area (Å²) in [6, 6.07) is 9.16. The summed E-state index contributed by atoms with van der Waals surface area (Å²) in [6.45, 7) is 2.10. The number of unbranched alkanes of at least 4 members (excludes halogenated alkanes) is 11. The van der Waals surface area contributed by atoms with Crippen molar-refractivity contribution in [1.29, 1.82) is 0 Å². The van der Waals surface area contributed by atoms with Crippen molar-refractivity contribution < 1.29 is 24.0 Å². The molecule has 7 heteroatoms. The number of carbonyl (C=O) groups excluding carboxylic acids is 1. The molecule has 0 aliphatic rings. The Kier molecular flexibility index (Phi) is 18.0. The Morgan fingerprint density at radius 1 is 0.882 bits per heavy atom. The van der Waals surface area contributed by atoms with E-state index < -0.39 is 14.2 Å². The van der Waals surface area contributed by atoms with E-state index in [1.807, 2.05) is 30.3 Å². The zero-order valence-electron chi connectivity index (χ0n) is 21.1. The van der Waals surface area contributed by atoms with Crippen LogP contribution in [0.3, 0.4) is 0 Å². The topological polar surface area (TPSA) is 99.0 Å². The minimum atomic E-state index is -4.61. The summed E-state index contributed by atoms with van der Waals surface area (Å²) >= 11 is 0. The van der Waals surface area contributed by atoms with E-state index in [9.17, 15) is 4.79 Å². The molecular weight excluding hydrogens is 449 g/mol. The Bertz CT molecular complexity index is 648. The molecule has 0 saturated heterocycles. The van der Waals surface area contributed by atoms with Crippen molar-refractivity contribution in [3.8, 4) is 0 Å². The van der Waals surface area contributed by atoms with E-state index in [0.29, 0.717) is 12.8 Å². The van der Waals surface area contributed by atoms with Gasteiger partial charge in [0.1, 0.15) is 0 Å². The van der Waals surface area contributed by atoms with Crippen LogP contribution in [0.4, 0.5) is 0 Å². The van der Waals surface area contributed by atoms with Gasteiger partial charge in [0, 0.05) is 0 Å². The summed E-state index contributed by atoms with van der Waals surface area (Å²) in [4.78, 5) is 39.7. The number of nitrogens with one attached hydrogen (secondary N) is 1. The number of carbonyl (C=O) groups is 1. The first-order valence-corrected chi connectivity index (χ1v) is 14.9. The normalized spacial score (nSPS) is 13.3. The van der Waals surface area contributed by atoms with Gasteiger partial charge in [-0.15, -0.1) is 0 Å². The second kappa shape index (κ2) is 19.9. The van der Waals surface area contributed by atoms with Crippen LogP contribution in [0.2, 0.25) is 0 Å². The molecule has 0 unspecified atom stereocenters. The molecule has 34 heavy (non-hydrogen) atoms. The van der Waals surface area contributed by atoms with Crippen LogP contribution in [0.25, 0.3) is 0 Å². The summed E-state index contributed by atoms with van der Waals surface area (Å²) in [5, 5.41) is 2.90. The molecule has 0 aliphatic heterocycles. The first-order valence-electron chi connectivity index (χ1n) is 13.2. The van der Waals surface area contributed by atoms with E-state index in [0.717, 1.165) is 31.2 Å². The molecular formula is C27H48NO5P. The predicted molar refractivity (Wildman–Crippen MR) is 142 cm³/mol. The van der Waals surface area contributed by atoms with Crippen molar-refractivity contribution in [3.63, 3.8) is 0 Å². The van der Waals surface area contributed by atoms with Gasteiger partial charge < -0.3 is 0 Å². The van der Waals surface area contributed by atoms with Crippen molar-refractivity contribution in [2.75, 3.05) is 6.61 Å². The van der Waals surface area contributed by atoms with Gasteiger partial charge in [0.25, 0.3) is 0 Å². The average molecular weight is 498 g/mol. The van der Waals surface area contributed by atoms with Crippen molar-refractivity contribution in [2.24, 2.45) is 0 Å². The molecule has 0 heterocycles. The van der Waals surface area contributed by atoms with Gasteiger partial charge in [-0.2, -0.15) is 0 Å². The van der Waals surface area contributed by atoms with Crippen molar-refractivity contribution in [2.45, 2.75) is 109 Å².